The maximum Gasteiger partial charge on any atom is 0.232 e. The van der Waals surface area contributed by atoms with Crippen molar-refractivity contribution in [3.8, 4) is 0 Å². The van der Waals surface area contributed by atoms with Gasteiger partial charge in [0.05, 0.1) is 10.8 Å². The average Bonchev–Trinajstić information content (AvgIpc) is 2.81. The van der Waals surface area contributed by atoms with Crippen molar-refractivity contribution in [3.05, 3.63) is 54.5 Å². The molecule has 1 saturated heterocycles. The van der Waals surface area contributed by atoms with Crippen LogP contribution in [-0.4, -0.2) is 64.0 Å². The van der Waals surface area contributed by atoms with Crippen LogP contribution >= 0.6 is 11.8 Å². The first kappa shape index (κ1) is 22.3. The minimum atomic E-state index is 0.161. The number of pyridine rings is 2. The number of piperidine rings is 1. The summed E-state index contributed by atoms with van der Waals surface area (Å²) in [5, 5.41) is 0.874. The number of hydrogen-bond acceptors (Lipinski definition) is 5. The standard InChI is InChI=1S/C23H30N4O2S/c1-26(16-12-20-8-2-4-13-24-20)22(28)11-10-19-7-6-15-27(17-19)23(29)18-30-21-9-3-5-14-25-21/h2-5,8-9,13-14,19H,6-7,10-12,15-18H2,1H3/t19-/m0/s1. The molecule has 7 heteroatoms. The zero-order valence-electron chi connectivity index (χ0n) is 17.6. The fourth-order valence-corrected chi connectivity index (χ4v) is 4.42. The lowest BCUT2D eigenvalue weighted by Gasteiger charge is -2.33. The Bertz CT molecular complexity index is 803. The molecule has 3 heterocycles. The van der Waals surface area contributed by atoms with Crippen LogP contribution in [0.3, 0.4) is 0 Å². The van der Waals surface area contributed by atoms with Crippen LogP contribution in [-0.2, 0) is 16.0 Å². The molecule has 2 amide bonds. The molecular formula is C23H30N4O2S. The molecule has 1 atom stereocenters. The van der Waals surface area contributed by atoms with Crippen molar-refractivity contribution in [2.75, 3.05) is 32.4 Å². The van der Waals surface area contributed by atoms with E-state index in [1.807, 2.05) is 48.3 Å². The first-order chi connectivity index (χ1) is 14.6. The van der Waals surface area contributed by atoms with Crippen LogP contribution in [0, 0.1) is 5.92 Å². The highest BCUT2D eigenvalue weighted by atomic mass is 32.2. The maximum atomic E-state index is 12.6. The van der Waals surface area contributed by atoms with Gasteiger partial charge in [-0.3, -0.25) is 14.6 Å². The first-order valence-corrected chi connectivity index (χ1v) is 11.6. The number of hydrogen-bond donors (Lipinski definition) is 0. The van der Waals surface area contributed by atoms with E-state index in [4.69, 9.17) is 0 Å². The number of likely N-dealkylation sites (N-methyl/N-ethyl adjacent to an activating group) is 1. The third-order valence-electron chi connectivity index (χ3n) is 5.47. The van der Waals surface area contributed by atoms with Crippen molar-refractivity contribution in [1.82, 2.24) is 19.8 Å². The molecule has 6 nitrogen and oxygen atoms in total. The van der Waals surface area contributed by atoms with Gasteiger partial charge in [0.25, 0.3) is 0 Å². The Morgan fingerprint density at radius 2 is 1.97 bits per heavy atom. The molecule has 2 aromatic heterocycles. The van der Waals surface area contributed by atoms with E-state index in [9.17, 15) is 9.59 Å². The third kappa shape index (κ3) is 7.13. The van der Waals surface area contributed by atoms with Crippen LogP contribution in [0.15, 0.2) is 53.8 Å². The van der Waals surface area contributed by atoms with Gasteiger partial charge in [0.1, 0.15) is 0 Å². The van der Waals surface area contributed by atoms with E-state index < -0.39 is 0 Å². The van der Waals surface area contributed by atoms with Gasteiger partial charge in [-0.15, -0.1) is 0 Å². The molecule has 0 radical (unpaired) electrons. The van der Waals surface area contributed by atoms with Crippen LogP contribution in [0.2, 0.25) is 0 Å². The molecular weight excluding hydrogens is 396 g/mol. The van der Waals surface area contributed by atoms with Crippen LogP contribution < -0.4 is 0 Å². The third-order valence-corrected chi connectivity index (χ3v) is 6.40. The Morgan fingerprint density at radius 3 is 2.70 bits per heavy atom. The molecule has 0 bridgehead atoms. The summed E-state index contributed by atoms with van der Waals surface area (Å²) in [7, 11) is 1.86. The van der Waals surface area contributed by atoms with Crippen molar-refractivity contribution in [1.29, 1.82) is 0 Å². The van der Waals surface area contributed by atoms with Crippen molar-refractivity contribution in [2.24, 2.45) is 5.92 Å². The molecule has 3 rings (SSSR count). The van der Waals surface area contributed by atoms with Gasteiger partial charge in [0, 0.05) is 57.6 Å². The number of amides is 2. The highest BCUT2D eigenvalue weighted by Crippen LogP contribution is 2.23. The second-order valence-corrected chi connectivity index (χ2v) is 8.73. The first-order valence-electron chi connectivity index (χ1n) is 10.6. The lowest BCUT2D eigenvalue weighted by molar-refractivity contribution is -0.130. The lowest BCUT2D eigenvalue weighted by atomic mass is 9.93. The molecule has 0 saturated carbocycles. The highest BCUT2D eigenvalue weighted by molar-refractivity contribution is 7.99. The summed E-state index contributed by atoms with van der Waals surface area (Å²) in [6, 6.07) is 11.6. The van der Waals surface area contributed by atoms with E-state index in [0.29, 0.717) is 24.6 Å². The summed E-state index contributed by atoms with van der Waals surface area (Å²) in [4.78, 5) is 37.4. The largest absolute Gasteiger partial charge is 0.345 e. The second kappa shape index (κ2) is 11.7. The number of likely N-dealkylation sites (tertiary alicyclic amines) is 1. The Morgan fingerprint density at radius 1 is 1.17 bits per heavy atom. The van der Waals surface area contributed by atoms with Gasteiger partial charge < -0.3 is 9.80 Å². The molecule has 1 aliphatic heterocycles. The number of carbonyl (C=O) groups is 2. The average molecular weight is 427 g/mol. The van der Waals surface area contributed by atoms with Crippen molar-refractivity contribution >= 4 is 23.6 Å². The smallest absolute Gasteiger partial charge is 0.232 e. The van der Waals surface area contributed by atoms with E-state index in [0.717, 1.165) is 49.5 Å². The molecule has 2 aromatic rings. The minimum Gasteiger partial charge on any atom is -0.345 e. The van der Waals surface area contributed by atoms with Gasteiger partial charge >= 0.3 is 0 Å². The Kier molecular flexibility index (Phi) is 8.68. The number of rotatable bonds is 9. The van der Waals surface area contributed by atoms with Crippen molar-refractivity contribution < 1.29 is 9.59 Å². The van der Waals surface area contributed by atoms with Crippen LogP contribution in [0.5, 0.6) is 0 Å². The van der Waals surface area contributed by atoms with E-state index in [1.165, 1.54) is 11.8 Å². The Hall–Kier alpha value is -2.41. The van der Waals surface area contributed by atoms with Gasteiger partial charge in [-0.2, -0.15) is 0 Å². The molecule has 1 aliphatic rings. The molecule has 1 fully saturated rings. The number of carbonyl (C=O) groups excluding carboxylic acids is 2. The van der Waals surface area contributed by atoms with Gasteiger partial charge in [-0.1, -0.05) is 23.9 Å². The second-order valence-electron chi connectivity index (χ2n) is 7.73. The SMILES string of the molecule is CN(CCc1ccccn1)C(=O)CC[C@@H]1CCCN(C(=O)CSc2ccccn2)C1. The predicted octanol–water partition coefficient (Wildman–Crippen LogP) is 3.29. The van der Waals surface area contributed by atoms with Crippen LogP contribution in [0.25, 0.3) is 0 Å². The van der Waals surface area contributed by atoms with Crippen molar-refractivity contribution in [3.63, 3.8) is 0 Å². The summed E-state index contributed by atoms with van der Waals surface area (Å²) in [5.41, 5.74) is 1.00. The van der Waals surface area contributed by atoms with Gasteiger partial charge in [0.15, 0.2) is 0 Å². The predicted molar refractivity (Wildman–Crippen MR) is 119 cm³/mol. The van der Waals surface area contributed by atoms with Gasteiger partial charge in [0.2, 0.25) is 11.8 Å². The fraction of sp³-hybridized carbons (Fsp3) is 0.478. The molecule has 0 N–H and O–H groups in total. The monoisotopic (exact) mass is 426 g/mol. The van der Waals surface area contributed by atoms with Gasteiger partial charge in [-0.25, -0.2) is 4.98 Å². The van der Waals surface area contributed by atoms with Gasteiger partial charge in [-0.05, 0) is 49.4 Å². The molecule has 0 aliphatic carbocycles. The zero-order valence-corrected chi connectivity index (χ0v) is 18.4. The maximum absolute atomic E-state index is 12.6. The molecule has 0 unspecified atom stereocenters. The van der Waals surface area contributed by atoms with Crippen LogP contribution in [0.4, 0.5) is 0 Å². The van der Waals surface area contributed by atoms with E-state index in [2.05, 4.69) is 9.97 Å². The van der Waals surface area contributed by atoms with E-state index in [1.54, 1.807) is 17.3 Å². The number of nitrogens with zero attached hydrogens (tertiary/aromatic N) is 4. The number of thioether (sulfide) groups is 1. The normalized spacial score (nSPS) is 16.3. The fourth-order valence-electron chi connectivity index (χ4n) is 3.66. The number of aromatic nitrogens is 2. The van der Waals surface area contributed by atoms with Crippen LogP contribution in [0.1, 0.15) is 31.4 Å². The minimum absolute atomic E-state index is 0.161. The summed E-state index contributed by atoms with van der Waals surface area (Å²) in [6.07, 6.45) is 7.76. The quantitative estimate of drug-likeness (QED) is 0.576. The van der Waals surface area contributed by atoms with Crippen molar-refractivity contribution in [2.45, 2.75) is 37.1 Å². The summed E-state index contributed by atoms with van der Waals surface area (Å²) in [6.45, 7) is 2.25. The van der Waals surface area contributed by atoms with E-state index >= 15 is 0 Å². The highest BCUT2D eigenvalue weighted by Gasteiger charge is 2.24. The zero-order chi connectivity index (χ0) is 21.2. The Labute approximate surface area is 183 Å². The molecule has 0 aromatic carbocycles. The lowest BCUT2D eigenvalue weighted by Crippen LogP contribution is -2.41. The summed E-state index contributed by atoms with van der Waals surface area (Å²) in [5.74, 6) is 1.14. The van der Waals surface area contributed by atoms with E-state index in [-0.39, 0.29) is 11.8 Å². The Balaban J connectivity index is 1.37. The topological polar surface area (TPSA) is 66.4 Å². The molecule has 160 valence electrons. The summed E-state index contributed by atoms with van der Waals surface area (Å²) >= 11 is 1.48. The molecule has 0 spiro atoms. The summed E-state index contributed by atoms with van der Waals surface area (Å²) < 4.78 is 0. The molecule has 30 heavy (non-hydrogen) atoms.